The van der Waals surface area contributed by atoms with E-state index in [1.807, 2.05) is 27.7 Å². The lowest BCUT2D eigenvalue weighted by atomic mass is 9.63. The van der Waals surface area contributed by atoms with Gasteiger partial charge >= 0.3 is 5.63 Å². The summed E-state index contributed by atoms with van der Waals surface area (Å²) in [6, 6.07) is 0. The second kappa shape index (κ2) is 7.28. The number of hydrogen-bond donors (Lipinski definition) is 0. The summed E-state index contributed by atoms with van der Waals surface area (Å²) >= 11 is 0. The molecule has 0 saturated carbocycles. The number of aryl methyl sites for hydroxylation is 1. The highest BCUT2D eigenvalue weighted by atomic mass is 16.5. The Labute approximate surface area is 187 Å². The van der Waals surface area contributed by atoms with Crippen LogP contribution >= 0.6 is 0 Å². The molecule has 31 heavy (non-hydrogen) atoms. The summed E-state index contributed by atoms with van der Waals surface area (Å²) < 4.78 is 19.2. The summed E-state index contributed by atoms with van der Waals surface area (Å²) in [6.45, 7) is 25.3. The highest BCUT2D eigenvalue weighted by Crippen LogP contribution is 2.59. The quantitative estimate of drug-likeness (QED) is 0.420. The monoisotopic (exact) mass is 428 g/mol. The zero-order valence-electron chi connectivity index (χ0n) is 21.5. The average Bonchev–Trinajstić information content (AvgIpc) is 2.67. The molecule has 2 aliphatic heterocycles. The van der Waals surface area contributed by atoms with Gasteiger partial charge in [0.15, 0.2) is 0 Å². The van der Waals surface area contributed by atoms with Gasteiger partial charge in [0.1, 0.15) is 28.3 Å². The molecule has 4 rings (SSSR count). The first-order chi connectivity index (χ1) is 14.2. The van der Waals surface area contributed by atoms with Crippen molar-refractivity contribution in [1.82, 2.24) is 0 Å². The number of fused-ring (bicyclic) bond motifs is 6. The molecule has 2 aliphatic rings. The molecule has 4 heteroatoms. The van der Waals surface area contributed by atoms with E-state index in [-0.39, 0.29) is 28.2 Å². The first-order valence-corrected chi connectivity index (χ1v) is 11.7. The maximum Gasteiger partial charge on any atom is 0.339 e. The minimum Gasteiger partial charge on any atom is -0.486 e. The second-order valence-corrected chi connectivity index (χ2v) is 10.8. The molecule has 3 heterocycles. The number of hydrogen-bond acceptors (Lipinski definition) is 4. The molecule has 172 valence electrons. The van der Waals surface area contributed by atoms with Crippen LogP contribution < -0.4 is 15.1 Å². The Morgan fingerprint density at radius 3 is 2.03 bits per heavy atom. The van der Waals surface area contributed by atoms with Crippen LogP contribution in [0, 0.1) is 25.2 Å². The van der Waals surface area contributed by atoms with Crippen molar-refractivity contribution in [3.8, 4) is 11.5 Å². The van der Waals surface area contributed by atoms with Crippen LogP contribution in [0.2, 0.25) is 0 Å². The molecule has 2 unspecified atom stereocenters. The van der Waals surface area contributed by atoms with E-state index in [2.05, 4.69) is 55.4 Å². The van der Waals surface area contributed by atoms with Crippen LogP contribution in [-0.4, -0.2) is 11.2 Å². The van der Waals surface area contributed by atoms with E-state index in [1.165, 1.54) is 0 Å². The van der Waals surface area contributed by atoms with Crippen LogP contribution in [0.3, 0.4) is 0 Å². The fourth-order valence-corrected chi connectivity index (χ4v) is 4.71. The van der Waals surface area contributed by atoms with Crippen molar-refractivity contribution in [2.24, 2.45) is 11.3 Å². The van der Waals surface area contributed by atoms with Gasteiger partial charge in [0.2, 0.25) is 0 Å². The largest absolute Gasteiger partial charge is 0.486 e. The molecule has 0 spiro atoms. The number of benzene rings is 1. The first-order valence-electron chi connectivity index (χ1n) is 11.7. The summed E-state index contributed by atoms with van der Waals surface area (Å²) in [4.78, 5) is 12.6. The molecule has 0 radical (unpaired) electrons. The van der Waals surface area contributed by atoms with E-state index >= 15 is 0 Å². The summed E-state index contributed by atoms with van der Waals surface area (Å²) in [5, 5.41) is 0.932. The van der Waals surface area contributed by atoms with E-state index in [0.717, 1.165) is 40.0 Å². The normalized spacial score (nSPS) is 24.8. The van der Waals surface area contributed by atoms with Crippen LogP contribution in [0.15, 0.2) is 9.21 Å². The molecular formula is C27H40O4. The molecule has 1 aromatic heterocycles. The van der Waals surface area contributed by atoms with Gasteiger partial charge < -0.3 is 13.9 Å². The third-order valence-electron chi connectivity index (χ3n) is 8.42. The van der Waals surface area contributed by atoms with Gasteiger partial charge in [-0.1, -0.05) is 41.5 Å². The van der Waals surface area contributed by atoms with Gasteiger partial charge in [0, 0.05) is 22.1 Å². The lowest BCUT2D eigenvalue weighted by Gasteiger charge is -2.51. The molecular weight excluding hydrogens is 388 g/mol. The summed E-state index contributed by atoms with van der Waals surface area (Å²) in [7, 11) is 0. The summed E-state index contributed by atoms with van der Waals surface area (Å²) in [5.74, 6) is 2.18. The molecule has 0 N–H and O–H groups in total. The van der Waals surface area contributed by atoms with Crippen molar-refractivity contribution in [1.29, 1.82) is 0 Å². The summed E-state index contributed by atoms with van der Waals surface area (Å²) in [6.07, 6.45) is 0.876. The van der Waals surface area contributed by atoms with Gasteiger partial charge in [-0.2, -0.15) is 0 Å². The minimum atomic E-state index is -0.364. The Morgan fingerprint density at radius 1 is 0.871 bits per heavy atom. The van der Waals surface area contributed by atoms with Crippen LogP contribution in [0.1, 0.15) is 97.4 Å². The van der Waals surface area contributed by atoms with E-state index in [1.54, 1.807) is 0 Å². The third kappa shape index (κ3) is 3.20. The number of rotatable bonds is 0. The van der Waals surface area contributed by atoms with Gasteiger partial charge in [0.25, 0.3) is 0 Å². The van der Waals surface area contributed by atoms with Crippen LogP contribution in [0.25, 0.3) is 11.0 Å². The lowest BCUT2D eigenvalue weighted by molar-refractivity contribution is -0.0457. The van der Waals surface area contributed by atoms with Gasteiger partial charge in [-0.15, -0.1) is 0 Å². The first kappa shape index (κ1) is 23.7. The topological polar surface area (TPSA) is 48.7 Å². The fourth-order valence-electron chi connectivity index (χ4n) is 4.71. The van der Waals surface area contributed by atoms with Crippen LogP contribution in [0.4, 0.5) is 0 Å². The third-order valence-corrected chi connectivity index (χ3v) is 8.42. The Kier molecular flexibility index (Phi) is 5.56. The van der Waals surface area contributed by atoms with Gasteiger partial charge in [-0.05, 0) is 65.4 Å². The molecule has 4 nitrogen and oxygen atoms in total. The molecule has 0 fully saturated rings. The highest BCUT2D eigenvalue weighted by Gasteiger charge is 2.51. The van der Waals surface area contributed by atoms with Gasteiger partial charge in [-0.25, -0.2) is 4.79 Å². The van der Waals surface area contributed by atoms with E-state index < -0.39 is 0 Å². The smallest absolute Gasteiger partial charge is 0.339 e. The SMILES string of the molecule is CC.Cc1c(C)c2c3c(c4c(c2oc1=O)C(C)C(C)(C)C(C)(C)O4)CC(C)C(C)(C)O3. The van der Waals surface area contributed by atoms with Crippen molar-refractivity contribution in [2.75, 3.05) is 0 Å². The van der Waals surface area contributed by atoms with Gasteiger partial charge in [-0.3, -0.25) is 0 Å². The second-order valence-electron chi connectivity index (χ2n) is 10.8. The highest BCUT2D eigenvalue weighted by molar-refractivity contribution is 5.94. The van der Waals surface area contributed by atoms with Crippen LogP contribution in [-0.2, 0) is 6.42 Å². The molecule has 2 aromatic rings. The Morgan fingerprint density at radius 2 is 1.45 bits per heavy atom. The molecule has 0 saturated heterocycles. The van der Waals surface area contributed by atoms with Crippen molar-refractivity contribution >= 4 is 11.0 Å². The molecule has 0 aliphatic carbocycles. The molecule has 0 bridgehead atoms. The van der Waals surface area contributed by atoms with Crippen molar-refractivity contribution in [2.45, 2.75) is 107 Å². The van der Waals surface area contributed by atoms with E-state index in [9.17, 15) is 4.79 Å². The number of ether oxygens (including phenoxy) is 2. The zero-order valence-corrected chi connectivity index (χ0v) is 21.5. The predicted octanol–water partition coefficient (Wildman–Crippen LogP) is 7.09. The molecule has 2 atom stereocenters. The fraction of sp³-hybridized carbons (Fsp3) is 0.667. The Hall–Kier alpha value is -1.97. The van der Waals surface area contributed by atoms with Crippen LogP contribution in [0.5, 0.6) is 11.5 Å². The average molecular weight is 429 g/mol. The minimum absolute atomic E-state index is 0.140. The predicted molar refractivity (Wildman–Crippen MR) is 128 cm³/mol. The van der Waals surface area contributed by atoms with E-state index in [4.69, 9.17) is 13.9 Å². The Bertz CT molecular complexity index is 1090. The standard InChI is InChI=1S/C25H34O4.C2H6/c1-12-11-16-19(28-24(12,7)8)17-13(2)14(3)22(26)27-21(17)18-15(4)23(5,6)25(9,10)29-20(16)18;1-2/h12,15H,11H2,1-10H3;1-2H3. The Balaban J connectivity index is 0.00000132. The molecule has 1 aromatic carbocycles. The zero-order chi connectivity index (χ0) is 23.7. The summed E-state index contributed by atoms with van der Waals surface area (Å²) in [5.41, 5.74) is 3.25. The molecule has 0 amide bonds. The van der Waals surface area contributed by atoms with Crippen molar-refractivity contribution in [3.63, 3.8) is 0 Å². The van der Waals surface area contributed by atoms with Gasteiger partial charge in [0.05, 0.1) is 5.39 Å². The van der Waals surface area contributed by atoms with Crippen molar-refractivity contribution in [3.05, 3.63) is 32.7 Å². The maximum absolute atomic E-state index is 12.6. The maximum atomic E-state index is 12.6. The van der Waals surface area contributed by atoms with E-state index in [0.29, 0.717) is 17.1 Å². The van der Waals surface area contributed by atoms with Crippen molar-refractivity contribution < 1.29 is 13.9 Å². The lowest BCUT2D eigenvalue weighted by Crippen LogP contribution is -2.51.